The van der Waals surface area contributed by atoms with E-state index in [1.807, 2.05) is 29.8 Å². The summed E-state index contributed by atoms with van der Waals surface area (Å²) >= 11 is 0. The van der Waals surface area contributed by atoms with Crippen LogP contribution < -0.4 is 5.32 Å². The Morgan fingerprint density at radius 1 is 1.33 bits per heavy atom. The maximum atomic E-state index is 13.4. The molecule has 0 aromatic heterocycles. The quantitative estimate of drug-likeness (QED) is 0.275. The van der Waals surface area contributed by atoms with Gasteiger partial charge in [0.05, 0.1) is 0 Å². The van der Waals surface area contributed by atoms with E-state index in [-0.39, 0.29) is 35.7 Å². The van der Waals surface area contributed by atoms with Gasteiger partial charge in [0.2, 0.25) is 5.91 Å². The molecule has 0 bridgehead atoms. The number of likely N-dealkylation sites (tertiary alicyclic amines) is 1. The number of benzene rings is 1. The minimum Gasteiger partial charge on any atom is -0.357 e. The molecule has 1 amide bonds. The summed E-state index contributed by atoms with van der Waals surface area (Å²) in [6, 6.07) is 6.63. The number of hydrogen-bond acceptors (Lipinski definition) is 2. The van der Waals surface area contributed by atoms with Crippen LogP contribution in [0.3, 0.4) is 0 Å². The van der Waals surface area contributed by atoms with Gasteiger partial charge in [-0.3, -0.25) is 9.79 Å². The average Bonchev–Trinajstić information content (AvgIpc) is 2.82. The molecule has 1 aliphatic heterocycles. The topological polar surface area (TPSA) is 47.9 Å². The van der Waals surface area contributed by atoms with Gasteiger partial charge in [0.25, 0.3) is 0 Å². The third-order valence-corrected chi connectivity index (χ3v) is 4.52. The van der Waals surface area contributed by atoms with Crippen LogP contribution in [0.1, 0.15) is 44.6 Å². The van der Waals surface area contributed by atoms with Crippen LogP contribution in [0.15, 0.2) is 29.3 Å². The molecule has 7 heteroatoms. The molecule has 0 saturated carbocycles. The molecule has 1 aromatic carbocycles. The van der Waals surface area contributed by atoms with Crippen molar-refractivity contribution in [2.24, 2.45) is 4.99 Å². The van der Waals surface area contributed by atoms with E-state index in [1.54, 1.807) is 12.1 Å². The second-order valence-corrected chi connectivity index (χ2v) is 6.77. The Labute approximate surface area is 179 Å². The van der Waals surface area contributed by atoms with E-state index in [0.717, 1.165) is 56.8 Å². The lowest BCUT2D eigenvalue weighted by molar-refractivity contribution is -0.130. The number of guanidine groups is 1. The summed E-state index contributed by atoms with van der Waals surface area (Å²) in [6.07, 6.45) is 4.81. The van der Waals surface area contributed by atoms with E-state index in [2.05, 4.69) is 10.3 Å². The number of nitrogens with one attached hydrogen (secondary N) is 1. The van der Waals surface area contributed by atoms with E-state index >= 15 is 0 Å². The van der Waals surface area contributed by atoms with Crippen molar-refractivity contribution >= 4 is 35.8 Å². The first-order valence-electron chi connectivity index (χ1n) is 9.62. The van der Waals surface area contributed by atoms with Crippen LogP contribution >= 0.6 is 24.0 Å². The summed E-state index contributed by atoms with van der Waals surface area (Å²) in [5, 5.41) is 3.28. The first-order chi connectivity index (χ1) is 12.6. The van der Waals surface area contributed by atoms with Crippen molar-refractivity contribution < 1.29 is 9.18 Å². The predicted molar refractivity (Wildman–Crippen MR) is 119 cm³/mol. The van der Waals surface area contributed by atoms with Crippen LogP contribution in [-0.4, -0.2) is 54.9 Å². The molecule has 0 unspecified atom stereocenters. The smallest absolute Gasteiger partial charge is 0.222 e. The van der Waals surface area contributed by atoms with Gasteiger partial charge in [-0.1, -0.05) is 18.6 Å². The van der Waals surface area contributed by atoms with Crippen LogP contribution in [0.2, 0.25) is 0 Å². The Morgan fingerprint density at radius 3 is 2.89 bits per heavy atom. The second kappa shape index (κ2) is 12.9. The third kappa shape index (κ3) is 8.45. The highest BCUT2D eigenvalue weighted by molar-refractivity contribution is 14.0. The van der Waals surface area contributed by atoms with Crippen molar-refractivity contribution in [1.82, 2.24) is 15.1 Å². The molecular formula is C20H32FIN4O. The number of rotatable bonds is 7. The average molecular weight is 490 g/mol. The minimum atomic E-state index is -0.222. The van der Waals surface area contributed by atoms with Gasteiger partial charge in [-0.15, -0.1) is 24.0 Å². The number of hydrogen-bond donors (Lipinski definition) is 1. The Kier molecular flexibility index (Phi) is 11.3. The maximum absolute atomic E-state index is 13.4. The molecule has 152 valence electrons. The summed E-state index contributed by atoms with van der Waals surface area (Å²) in [6.45, 7) is 5.71. The van der Waals surface area contributed by atoms with Crippen molar-refractivity contribution in [3.05, 3.63) is 35.6 Å². The number of carbonyl (C=O) groups is 1. The maximum Gasteiger partial charge on any atom is 0.222 e. The molecule has 1 aromatic rings. The number of amides is 1. The first kappa shape index (κ1) is 23.7. The zero-order valence-electron chi connectivity index (χ0n) is 16.4. The van der Waals surface area contributed by atoms with Crippen LogP contribution in [0, 0.1) is 5.82 Å². The molecule has 27 heavy (non-hydrogen) atoms. The Hall–Kier alpha value is -1.38. The van der Waals surface area contributed by atoms with Crippen molar-refractivity contribution in [1.29, 1.82) is 0 Å². The number of nitrogens with zero attached hydrogens (tertiary/aromatic N) is 3. The van der Waals surface area contributed by atoms with Crippen LogP contribution in [0.5, 0.6) is 0 Å². The zero-order valence-corrected chi connectivity index (χ0v) is 18.7. The largest absolute Gasteiger partial charge is 0.357 e. The van der Waals surface area contributed by atoms with Crippen LogP contribution in [0.4, 0.5) is 4.39 Å². The van der Waals surface area contributed by atoms with Crippen molar-refractivity contribution in [2.75, 3.05) is 33.2 Å². The van der Waals surface area contributed by atoms with Crippen molar-refractivity contribution in [2.45, 2.75) is 45.6 Å². The highest BCUT2D eigenvalue weighted by Gasteiger charge is 2.15. The second-order valence-electron chi connectivity index (χ2n) is 6.77. The van der Waals surface area contributed by atoms with E-state index in [9.17, 15) is 9.18 Å². The summed E-state index contributed by atoms with van der Waals surface area (Å²) < 4.78 is 13.4. The lowest BCUT2D eigenvalue weighted by Gasteiger charge is -2.23. The Bertz CT molecular complexity index is 611. The molecule has 1 fully saturated rings. The summed E-state index contributed by atoms with van der Waals surface area (Å²) in [5.41, 5.74) is 0.910. The molecule has 0 atom stereocenters. The lowest BCUT2D eigenvalue weighted by Crippen LogP contribution is -2.38. The molecule has 0 aliphatic carbocycles. The standard InChI is InChI=1S/C20H31FN4O.HI/c1-3-22-20(24(2)16-17-9-7-10-18(21)15-17)23-12-8-14-25-13-6-4-5-11-19(25)26;/h7,9-10,15H,3-6,8,11-14,16H2,1-2H3,(H,22,23);1H. The van der Waals surface area contributed by atoms with Gasteiger partial charge >= 0.3 is 0 Å². The fourth-order valence-electron chi connectivity index (χ4n) is 3.18. The van der Waals surface area contributed by atoms with E-state index < -0.39 is 0 Å². The van der Waals surface area contributed by atoms with Gasteiger partial charge in [-0.25, -0.2) is 4.39 Å². The number of halogens is 2. The van der Waals surface area contributed by atoms with Gasteiger partial charge in [0.1, 0.15) is 5.82 Å². The van der Waals surface area contributed by atoms with Gasteiger partial charge < -0.3 is 15.1 Å². The molecule has 0 spiro atoms. The van der Waals surface area contributed by atoms with Crippen LogP contribution in [-0.2, 0) is 11.3 Å². The van der Waals surface area contributed by atoms with E-state index in [1.165, 1.54) is 6.07 Å². The Morgan fingerprint density at radius 2 is 2.15 bits per heavy atom. The molecule has 1 saturated heterocycles. The van der Waals surface area contributed by atoms with Gasteiger partial charge in [-0.2, -0.15) is 0 Å². The van der Waals surface area contributed by atoms with Crippen molar-refractivity contribution in [3.63, 3.8) is 0 Å². The van der Waals surface area contributed by atoms with E-state index in [0.29, 0.717) is 19.5 Å². The van der Waals surface area contributed by atoms with Gasteiger partial charge in [0, 0.05) is 46.2 Å². The molecule has 5 nitrogen and oxygen atoms in total. The van der Waals surface area contributed by atoms with Gasteiger partial charge in [0.15, 0.2) is 5.96 Å². The zero-order chi connectivity index (χ0) is 18.8. The SMILES string of the molecule is CCNC(=NCCCN1CCCCCC1=O)N(C)Cc1cccc(F)c1.I. The monoisotopic (exact) mass is 490 g/mol. The number of aliphatic imine (C=N–C) groups is 1. The minimum absolute atomic E-state index is 0. The Balaban J connectivity index is 0.00000364. The highest BCUT2D eigenvalue weighted by atomic mass is 127. The lowest BCUT2D eigenvalue weighted by atomic mass is 10.2. The molecule has 1 heterocycles. The highest BCUT2D eigenvalue weighted by Crippen LogP contribution is 2.11. The summed E-state index contributed by atoms with van der Waals surface area (Å²) in [7, 11) is 1.95. The molecular weight excluding hydrogens is 458 g/mol. The summed E-state index contributed by atoms with van der Waals surface area (Å²) in [5.74, 6) is 0.862. The molecule has 1 N–H and O–H groups in total. The predicted octanol–water partition coefficient (Wildman–Crippen LogP) is 3.63. The van der Waals surface area contributed by atoms with Crippen molar-refractivity contribution in [3.8, 4) is 0 Å². The van der Waals surface area contributed by atoms with E-state index in [4.69, 9.17) is 0 Å². The van der Waals surface area contributed by atoms with Gasteiger partial charge in [-0.05, 0) is 43.9 Å². The molecule has 2 rings (SSSR count). The fourth-order valence-corrected chi connectivity index (χ4v) is 3.18. The first-order valence-corrected chi connectivity index (χ1v) is 9.62. The normalized spacial score (nSPS) is 15.1. The fraction of sp³-hybridized carbons (Fsp3) is 0.600. The molecule has 0 radical (unpaired) electrons. The number of carbonyl (C=O) groups excluding carboxylic acids is 1. The third-order valence-electron chi connectivity index (χ3n) is 4.52. The molecule has 1 aliphatic rings. The van der Waals surface area contributed by atoms with Crippen LogP contribution in [0.25, 0.3) is 0 Å². The summed E-state index contributed by atoms with van der Waals surface area (Å²) in [4.78, 5) is 20.7.